The van der Waals surface area contributed by atoms with E-state index in [0.717, 1.165) is 12.8 Å². The fourth-order valence-corrected chi connectivity index (χ4v) is 3.51. The van der Waals surface area contributed by atoms with Crippen molar-refractivity contribution in [2.24, 2.45) is 0 Å². The molecule has 2 N–H and O–H groups in total. The summed E-state index contributed by atoms with van der Waals surface area (Å²) in [5, 5.41) is 0. The lowest BCUT2D eigenvalue weighted by Gasteiger charge is -2.17. The highest BCUT2D eigenvalue weighted by molar-refractivity contribution is 5.98. The van der Waals surface area contributed by atoms with E-state index < -0.39 is 10.2 Å². The molecule has 6 nitrogen and oxygen atoms in total. The number of hydrogen-bond acceptors (Lipinski definition) is 4. The van der Waals surface area contributed by atoms with E-state index in [0.29, 0.717) is 0 Å². The molecule has 1 aliphatic heterocycles. The highest BCUT2D eigenvalue weighted by Crippen LogP contribution is 2.28. The Hall–Kier alpha value is -1.44. The molecule has 0 bridgehead atoms. The van der Waals surface area contributed by atoms with Gasteiger partial charge in [0.05, 0.1) is 5.69 Å². The minimum Gasteiger partial charge on any atom is -0.358 e. The Morgan fingerprint density at radius 2 is 1.52 bits per heavy atom. The van der Waals surface area contributed by atoms with Crippen LogP contribution in [0.1, 0.15) is 63.6 Å². The van der Waals surface area contributed by atoms with Gasteiger partial charge in [-0.1, -0.05) is 13.8 Å². The van der Waals surface area contributed by atoms with Crippen LogP contribution in [0.2, 0.25) is 0 Å². The standard InChI is InChI=1S/C18H26N2.ClHO4/c1-8-15-10(3)17(19-13(15)6)12(5)18-11(4)16(9-2)14(7)20-18;2-1(3,4)5/h19H,8-9H2,1-7H3;(H,2,3,4,5)/b18-12+;. The Kier molecular flexibility index (Phi) is 7.17. The third-order valence-corrected chi connectivity index (χ3v) is 4.64. The van der Waals surface area contributed by atoms with Gasteiger partial charge in [0.2, 0.25) is 5.70 Å². The van der Waals surface area contributed by atoms with Gasteiger partial charge in [-0.05, 0) is 51.7 Å². The van der Waals surface area contributed by atoms with Crippen LogP contribution in [0, 0.1) is 24.1 Å². The summed E-state index contributed by atoms with van der Waals surface area (Å²) in [6, 6.07) is 0. The smallest absolute Gasteiger partial charge is 0.212 e. The van der Waals surface area contributed by atoms with Crippen molar-refractivity contribution < 1.29 is 33.9 Å². The second-order valence-electron chi connectivity index (χ2n) is 6.17. The Labute approximate surface area is 151 Å². The number of aromatic amines is 1. The SMILES string of the molecule is CCC1=C(C)/C(=C(/C)c2[nH]c(C)c(CC)c2C)[NH+]=C1C.[O-][Cl+3]([O-])([O-])[O-]. The van der Waals surface area contributed by atoms with Gasteiger partial charge in [-0.15, -0.1) is 10.2 Å². The third kappa shape index (κ3) is 5.26. The molecule has 2 rings (SSSR count). The molecule has 0 aliphatic carbocycles. The number of nitrogens with one attached hydrogen (secondary N) is 2. The van der Waals surface area contributed by atoms with Crippen LogP contribution in [0.15, 0.2) is 16.8 Å². The molecule has 1 aromatic heterocycles. The normalized spacial score (nSPS) is 16.7. The second kappa shape index (κ2) is 8.29. The van der Waals surface area contributed by atoms with Gasteiger partial charge >= 0.3 is 0 Å². The lowest BCUT2D eigenvalue weighted by Crippen LogP contribution is -2.68. The van der Waals surface area contributed by atoms with Crippen molar-refractivity contribution >= 4 is 11.3 Å². The molecule has 1 aliphatic rings. The number of aromatic nitrogens is 1. The molecule has 140 valence electrons. The number of hydrogen-bond donors (Lipinski definition) is 2. The fourth-order valence-electron chi connectivity index (χ4n) is 3.51. The summed E-state index contributed by atoms with van der Waals surface area (Å²) in [7, 11) is -4.94. The monoisotopic (exact) mass is 370 g/mol. The van der Waals surface area contributed by atoms with Gasteiger partial charge in [0, 0.05) is 29.3 Å². The molecule has 0 saturated carbocycles. The lowest BCUT2D eigenvalue weighted by atomic mass is 9.99. The van der Waals surface area contributed by atoms with Crippen molar-refractivity contribution in [3.05, 3.63) is 39.4 Å². The van der Waals surface area contributed by atoms with Gasteiger partial charge in [0.1, 0.15) is 0 Å². The Morgan fingerprint density at radius 1 is 1.00 bits per heavy atom. The molecule has 0 spiro atoms. The first-order valence-electron chi connectivity index (χ1n) is 8.24. The van der Waals surface area contributed by atoms with Crippen LogP contribution in [0.25, 0.3) is 5.57 Å². The molecule has 0 aromatic carbocycles. The molecular weight excluding hydrogens is 344 g/mol. The maximum absolute atomic E-state index is 8.49. The van der Waals surface area contributed by atoms with Crippen molar-refractivity contribution in [2.75, 3.05) is 0 Å². The predicted molar refractivity (Wildman–Crippen MR) is 86.9 cm³/mol. The summed E-state index contributed by atoms with van der Waals surface area (Å²) < 4.78 is 34.0. The van der Waals surface area contributed by atoms with E-state index in [4.69, 9.17) is 18.6 Å². The Balaban J connectivity index is 0.000000550. The van der Waals surface area contributed by atoms with E-state index in [2.05, 4.69) is 58.4 Å². The molecule has 2 heterocycles. The summed E-state index contributed by atoms with van der Waals surface area (Å²) in [5.41, 5.74) is 12.2. The predicted octanol–water partition coefficient (Wildman–Crippen LogP) is -1.55. The minimum atomic E-state index is -4.94. The summed E-state index contributed by atoms with van der Waals surface area (Å²) in [5.74, 6) is 0. The summed E-state index contributed by atoms with van der Waals surface area (Å²) >= 11 is 0. The highest BCUT2D eigenvalue weighted by atomic mass is 35.7. The van der Waals surface area contributed by atoms with Crippen molar-refractivity contribution in [1.29, 1.82) is 0 Å². The summed E-state index contributed by atoms with van der Waals surface area (Å²) in [6.45, 7) is 15.5. The van der Waals surface area contributed by atoms with E-state index >= 15 is 0 Å². The maximum Gasteiger partial charge on any atom is 0.212 e. The molecular formula is C18H27ClN2O4. The third-order valence-electron chi connectivity index (χ3n) is 4.64. The quantitative estimate of drug-likeness (QED) is 0.668. The van der Waals surface area contributed by atoms with Crippen LogP contribution in [-0.2, 0) is 6.42 Å². The zero-order valence-corrected chi connectivity index (χ0v) is 16.7. The maximum atomic E-state index is 8.49. The zero-order valence-electron chi connectivity index (χ0n) is 15.9. The van der Waals surface area contributed by atoms with Gasteiger partial charge < -0.3 is 4.98 Å². The minimum absolute atomic E-state index is 1.09. The van der Waals surface area contributed by atoms with Crippen LogP contribution in [0.3, 0.4) is 0 Å². The topological polar surface area (TPSA) is 122 Å². The van der Waals surface area contributed by atoms with Gasteiger partial charge in [-0.3, -0.25) is 0 Å². The van der Waals surface area contributed by atoms with E-state index in [9.17, 15) is 0 Å². The van der Waals surface area contributed by atoms with E-state index in [1.807, 2.05) is 0 Å². The molecule has 0 radical (unpaired) electrons. The first kappa shape index (κ1) is 21.6. The van der Waals surface area contributed by atoms with E-state index in [-0.39, 0.29) is 0 Å². The number of aryl methyl sites for hydroxylation is 1. The van der Waals surface area contributed by atoms with Crippen LogP contribution in [0.4, 0.5) is 0 Å². The molecule has 1 aromatic rings. The largest absolute Gasteiger partial charge is 0.358 e. The van der Waals surface area contributed by atoms with E-state index in [1.165, 1.54) is 50.6 Å². The molecule has 7 heteroatoms. The molecule has 0 atom stereocenters. The first-order valence-corrected chi connectivity index (χ1v) is 9.47. The first-order chi connectivity index (χ1) is 11.4. The molecule has 0 fully saturated rings. The zero-order chi connectivity index (χ0) is 19.5. The van der Waals surface area contributed by atoms with Gasteiger partial charge in [-0.2, -0.15) is 0 Å². The molecule has 25 heavy (non-hydrogen) atoms. The lowest BCUT2D eigenvalue weighted by molar-refractivity contribution is -2.00. The number of rotatable bonds is 3. The number of H-pyrrole nitrogens is 1. The second-order valence-corrected chi connectivity index (χ2v) is 6.92. The van der Waals surface area contributed by atoms with Crippen LogP contribution in [0.5, 0.6) is 0 Å². The van der Waals surface area contributed by atoms with E-state index in [1.54, 1.807) is 0 Å². The van der Waals surface area contributed by atoms with Crippen molar-refractivity contribution in [2.45, 2.75) is 61.3 Å². The van der Waals surface area contributed by atoms with Crippen molar-refractivity contribution in [1.82, 2.24) is 4.98 Å². The molecule has 0 saturated heterocycles. The van der Waals surface area contributed by atoms with Gasteiger partial charge in [-0.25, -0.2) is 23.6 Å². The Bertz CT molecular complexity index is 731. The van der Waals surface area contributed by atoms with Crippen LogP contribution < -0.4 is 23.6 Å². The summed E-state index contributed by atoms with van der Waals surface area (Å²) in [4.78, 5) is 7.16. The fraction of sp³-hybridized carbons (Fsp3) is 0.500. The number of allylic oxidation sites excluding steroid dienone is 3. The van der Waals surface area contributed by atoms with Crippen LogP contribution in [-0.4, -0.2) is 10.7 Å². The van der Waals surface area contributed by atoms with Crippen molar-refractivity contribution in [3.8, 4) is 0 Å². The highest BCUT2D eigenvalue weighted by Gasteiger charge is 2.26. The van der Waals surface area contributed by atoms with Gasteiger partial charge in [0.25, 0.3) is 0 Å². The van der Waals surface area contributed by atoms with Crippen LogP contribution >= 0.6 is 0 Å². The average Bonchev–Trinajstić information content (AvgIpc) is 2.92. The molecule has 0 amide bonds. The van der Waals surface area contributed by atoms with Gasteiger partial charge in [0.15, 0.2) is 5.71 Å². The Morgan fingerprint density at radius 3 is 1.88 bits per heavy atom. The average molecular weight is 371 g/mol. The number of halogens is 1. The van der Waals surface area contributed by atoms with Crippen molar-refractivity contribution in [3.63, 3.8) is 0 Å². The molecule has 0 unspecified atom stereocenters. The summed E-state index contributed by atoms with van der Waals surface area (Å²) in [6.07, 6.45) is 2.18.